The molecule has 0 saturated heterocycles. The van der Waals surface area contributed by atoms with Crippen molar-refractivity contribution < 1.29 is 18.3 Å². The molecular weight excluding hydrogens is 424 g/mol. The van der Waals surface area contributed by atoms with E-state index in [1.54, 1.807) is 19.1 Å². The molecule has 0 aliphatic heterocycles. The first-order valence-electron chi connectivity index (χ1n) is 10.8. The highest BCUT2D eigenvalue weighted by atomic mass is 32.2. The minimum absolute atomic E-state index is 0.0182. The molecule has 0 aliphatic rings. The summed E-state index contributed by atoms with van der Waals surface area (Å²) in [4.78, 5) is 12.6. The van der Waals surface area contributed by atoms with Gasteiger partial charge in [-0.2, -0.15) is 0 Å². The number of carbonyl (C=O) groups excluding carboxylic acids is 1. The van der Waals surface area contributed by atoms with Crippen molar-refractivity contribution in [3.8, 4) is 5.75 Å². The summed E-state index contributed by atoms with van der Waals surface area (Å²) in [5.41, 5.74) is 2.94. The van der Waals surface area contributed by atoms with Gasteiger partial charge in [0.05, 0.1) is 10.9 Å². The molecule has 1 amide bonds. The van der Waals surface area contributed by atoms with E-state index in [1.165, 1.54) is 12.1 Å². The van der Waals surface area contributed by atoms with Crippen molar-refractivity contribution >= 4 is 15.9 Å². The second-order valence-corrected chi connectivity index (χ2v) is 12.0. The Bertz CT molecular complexity index is 1060. The Kier molecular flexibility index (Phi) is 7.47. The van der Waals surface area contributed by atoms with Gasteiger partial charge in [-0.25, -0.2) is 13.6 Å². The second-order valence-electron chi connectivity index (χ2n) is 10.4. The zero-order valence-electron chi connectivity index (χ0n) is 20.1. The molecule has 0 spiro atoms. The van der Waals surface area contributed by atoms with Crippen LogP contribution in [-0.2, 0) is 32.1 Å². The first-order chi connectivity index (χ1) is 14.5. The van der Waals surface area contributed by atoms with Crippen LogP contribution in [0.3, 0.4) is 0 Å². The van der Waals surface area contributed by atoms with Crippen LogP contribution in [0.25, 0.3) is 0 Å². The summed E-state index contributed by atoms with van der Waals surface area (Å²) in [6.45, 7) is 14.1. The summed E-state index contributed by atoms with van der Waals surface area (Å²) in [6.07, 6.45) is 0.805. The number of aromatic hydroxyl groups is 1. The number of rotatable bonds is 6. The fourth-order valence-electron chi connectivity index (χ4n) is 3.60. The predicted octanol–water partition coefficient (Wildman–Crippen LogP) is 4.44. The Balaban J connectivity index is 2.18. The first kappa shape index (κ1) is 25.9. The van der Waals surface area contributed by atoms with E-state index in [9.17, 15) is 18.3 Å². The molecule has 2 rings (SSSR count). The van der Waals surface area contributed by atoms with Gasteiger partial charge in [-0.05, 0) is 58.6 Å². The highest BCUT2D eigenvalue weighted by Gasteiger charge is 2.26. The third-order valence-electron chi connectivity index (χ3n) is 5.49. The van der Waals surface area contributed by atoms with Crippen LogP contribution in [-0.4, -0.2) is 19.4 Å². The van der Waals surface area contributed by atoms with Crippen molar-refractivity contribution in [2.24, 2.45) is 5.14 Å². The number of nitrogens with one attached hydrogen (secondary N) is 1. The van der Waals surface area contributed by atoms with Gasteiger partial charge in [0, 0.05) is 6.42 Å². The van der Waals surface area contributed by atoms with E-state index in [0.29, 0.717) is 17.7 Å². The average molecular weight is 461 g/mol. The van der Waals surface area contributed by atoms with Crippen LogP contribution in [0.2, 0.25) is 0 Å². The summed E-state index contributed by atoms with van der Waals surface area (Å²) in [6, 6.07) is 9.87. The molecule has 0 unspecified atom stereocenters. The summed E-state index contributed by atoms with van der Waals surface area (Å²) < 4.78 is 23.2. The minimum Gasteiger partial charge on any atom is -0.507 e. The van der Waals surface area contributed by atoms with Crippen LogP contribution >= 0.6 is 0 Å². The SMILES string of the molecule is C[C@@H](NC(=O)CCc1cc(C(C)(C)C)c(O)c(C(C)(C)C)c1)c1cccc(S(N)(=O)=O)c1. The number of phenolic OH excluding ortho intramolecular Hbond substituents is 1. The molecule has 0 saturated carbocycles. The lowest BCUT2D eigenvalue weighted by atomic mass is 9.78. The molecule has 4 N–H and O–H groups in total. The summed E-state index contributed by atoms with van der Waals surface area (Å²) in [7, 11) is -3.80. The number of carbonyl (C=O) groups is 1. The molecule has 176 valence electrons. The van der Waals surface area contributed by atoms with Gasteiger partial charge in [0.15, 0.2) is 0 Å². The molecule has 2 aromatic rings. The highest BCUT2D eigenvalue weighted by molar-refractivity contribution is 7.89. The van der Waals surface area contributed by atoms with Gasteiger partial charge in [-0.3, -0.25) is 4.79 Å². The molecule has 32 heavy (non-hydrogen) atoms. The Morgan fingerprint density at radius 3 is 2.03 bits per heavy atom. The summed E-state index contributed by atoms with van der Waals surface area (Å²) >= 11 is 0. The van der Waals surface area contributed by atoms with Crippen LogP contribution < -0.4 is 10.5 Å². The number of hydrogen-bond acceptors (Lipinski definition) is 4. The molecule has 1 atom stereocenters. The lowest BCUT2D eigenvalue weighted by molar-refractivity contribution is -0.121. The van der Waals surface area contributed by atoms with Gasteiger partial charge < -0.3 is 10.4 Å². The third-order valence-corrected chi connectivity index (χ3v) is 6.40. The molecular formula is C25H36N2O4S. The van der Waals surface area contributed by atoms with Gasteiger partial charge in [-0.1, -0.05) is 65.8 Å². The fourth-order valence-corrected chi connectivity index (χ4v) is 4.17. The van der Waals surface area contributed by atoms with Crippen molar-refractivity contribution in [1.29, 1.82) is 0 Å². The maximum Gasteiger partial charge on any atom is 0.238 e. The first-order valence-corrected chi connectivity index (χ1v) is 12.3. The van der Waals surface area contributed by atoms with Gasteiger partial charge in [0.2, 0.25) is 15.9 Å². The maximum absolute atomic E-state index is 12.6. The summed E-state index contributed by atoms with van der Waals surface area (Å²) in [5, 5.41) is 19.0. The van der Waals surface area contributed by atoms with E-state index >= 15 is 0 Å². The zero-order valence-corrected chi connectivity index (χ0v) is 20.9. The van der Waals surface area contributed by atoms with E-state index in [1.807, 2.05) is 12.1 Å². The number of amides is 1. The highest BCUT2D eigenvalue weighted by Crippen LogP contribution is 2.40. The quantitative estimate of drug-likeness (QED) is 0.592. The molecule has 0 aliphatic carbocycles. The predicted molar refractivity (Wildman–Crippen MR) is 128 cm³/mol. The van der Waals surface area contributed by atoms with Crippen LogP contribution in [0.5, 0.6) is 5.75 Å². The van der Waals surface area contributed by atoms with Crippen molar-refractivity contribution in [3.05, 3.63) is 58.7 Å². The normalized spacial score (nSPS) is 13.6. The topological polar surface area (TPSA) is 109 Å². The van der Waals surface area contributed by atoms with Gasteiger partial charge in [-0.15, -0.1) is 0 Å². The zero-order chi connectivity index (χ0) is 24.5. The van der Waals surface area contributed by atoms with Crippen molar-refractivity contribution in [2.75, 3.05) is 0 Å². The lowest BCUT2D eigenvalue weighted by Gasteiger charge is -2.28. The number of hydrogen-bond donors (Lipinski definition) is 3. The molecule has 7 heteroatoms. The molecule has 0 aromatic heterocycles. The molecule has 0 bridgehead atoms. The van der Waals surface area contributed by atoms with E-state index in [0.717, 1.165) is 16.7 Å². The Morgan fingerprint density at radius 1 is 1.03 bits per heavy atom. The number of sulfonamides is 1. The van der Waals surface area contributed by atoms with E-state index in [-0.39, 0.29) is 34.1 Å². The smallest absolute Gasteiger partial charge is 0.238 e. The minimum atomic E-state index is -3.80. The molecule has 0 heterocycles. The van der Waals surface area contributed by atoms with Crippen LogP contribution in [0.15, 0.2) is 41.3 Å². The molecule has 2 aromatic carbocycles. The van der Waals surface area contributed by atoms with Crippen molar-refractivity contribution in [3.63, 3.8) is 0 Å². The molecule has 6 nitrogen and oxygen atoms in total. The third kappa shape index (κ3) is 6.56. The Labute approximate surface area is 192 Å². The molecule has 0 fully saturated rings. The fraction of sp³-hybridized carbons (Fsp3) is 0.480. The Morgan fingerprint density at radius 2 is 1.56 bits per heavy atom. The Hall–Kier alpha value is -2.38. The van der Waals surface area contributed by atoms with Crippen molar-refractivity contribution in [1.82, 2.24) is 5.32 Å². The monoisotopic (exact) mass is 460 g/mol. The summed E-state index contributed by atoms with van der Waals surface area (Å²) in [5.74, 6) is 0.183. The maximum atomic E-state index is 12.6. The van der Waals surface area contributed by atoms with E-state index < -0.39 is 10.0 Å². The molecule has 0 radical (unpaired) electrons. The van der Waals surface area contributed by atoms with Crippen molar-refractivity contribution in [2.45, 2.75) is 83.1 Å². The number of nitrogens with two attached hydrogens (primary N) is 1. The largest absolute Gasteiger partial charge is 0.507 e. The van der Waals surface area contributed by atoms with Gasteiger partial charge in [0.25, 0.3) is 0 Å². The standard InChI is InChI=1S/C25H36N2O4S/c1-16(18-9-8-10-19(15-18)32(26,30)31)27-22(28)12-11-17-13-20(24(2,3)4)23(29)21(14-17)25(5,6)7/h8-10,13-16,29H,11-12H2,1-7H3,(H,27,28)(H2,26,30,31)/t16-/m1/s1. The van der Waals surface area contributed by atoms with E-state index in [4.69, 9.17) is 5.14 Å². The van der Waals surface area contributed by atoms with Crippen LogP contribution in [0.1, 0.15) is 83.2 Å². The number of primary sulfonamides is 1. The van der Waals surface area contributed by atoms with E-state index in [2.05, 4.69) is 46.9 Å². The lowest BCUT2D eigenvalue weighted by Crippen LogP contribution is -2.27. The average Bonchev–Trinajstić information content (AvgIpc) is 2.64. The van der Waals surface area contributed by atoms with Crippen LogP contribution in [0.4, 0.5) is 0 Å². The van der Waals surface area contributed by atoms with Gasteiger partial charge in [0.1, 0.15) is 5.75 Å². The second kappa shape index (κ2) is 9.24. The number of phenols is 1. The number of benzene rings is 2. The number of aryl methyl sites for hydroxylation is 1. The van der Waals surface area contributed by atoms with Crippen LogP contribution in [0, 0.1) is 0 Å². The van der Waals surface area contributed by atoms with Gasteiger partial charge >= 0.3 is 0 Å².